The summed E-state index contributed by atoms with van der Waals surface area (Å²) in [4.78, 5) is 12.4. The van der Waals surface area contributed by atoms with E-state index in [9.17, 15) is 9.90 Å². The Morgan fingerprint density at radius 3 is 2.23 bits per heavy atom. The lowest BCUT2D eigenvalue weighted by atomic mass is 10.1. The lowest BCUT2D eigenvalue weighted by Crippen LogP contribution is -2.31. The summed E-state index contributed by atoms with van der Waals surface area (Å²) in [6.07, 6.45) is -1.30. The highest BCUT2D eigenvalue weighted by Gasteiger charge is 2.23. The number of carbonyl (C=O) groups excluding carboxylic acids is 1. The Balaban J connectivity index is 2.15. The van der Waals surface area contributed by atoms with Gasteiger partial charge in [0.1, 0.15) is 5.75 Å². The number of hydrogen-bond donors (Lipinski definition) is 2. The molecule has 2 N–H and O–H groups in total. The molecule has 0 saturated heterocycles. The second-order valence-corrected chi connectivity index (χ2v) is 5.99. The molecule has 0 fully saturated rings. The largest absolute Gasteiger partial charge is 0.497 e. The molecule has 140 valence electrons. The standard InChI is InChI=1S/C19H22ClNO5/c1-11(14-9-10-15(25-3)18(26-4)16(14)20)21-19(23)17(22)12-5-7-13(24-2)8-6-12/h5-11,17,22H,1-4H3,(H,21,23). The molecule has 0 heterocycles. The maximum absolute atomic E-state index is 12.4. The molecule has 1 amide bonds. The van der Waals surface area contributed by atoms with Gasteiger partial charge in [0.15, 0.2) is 17.6 Å². The van der Waals surface area contributed by atoms with Gasteiger partial charge in [-0.05, 0) is 36.2 Å². The molecule has 2 unspecified atom stereocenters. The number of amides is 1. The molecule has 2 aromatic carbocycles. The molecule has 6 nitrogen and oxygen atoms in total. The summed E-state index contributed by atoms with van der Waals surface area (Å²) in [6.45, 7) is 1.77. The van der Waals surface area contributed by atoms with Gasteiger partial charge < -0.3 is 24.6 Å². The Labute approximate surface area is 157 Å². The van der Waals surface area contributed by atoms with Crippen molar-refractivity contribution in [3.63, 3.8) is 0 Å². The van der Waals surface area contributed by atoms with Gasteiger partial charge in [0.2, 0.25) is 0 Å². The van der Waals surface area contributed by atoms with Crippen LogP contribution in [0.15, 0.2) is 36.4 Å². The van der Waals surface area contributed by atoms with E-state index in [1.54, 1.807) is 50.4 Å². The molecule has 0 aliphatic heterocycles. The number of aliphatic hydroxyl groups is 1. The van der Waals surface area contributed by atoms with Crippen LogP contribution in [0.5, 0.6) is 17.2 Å². The molecule has 0 radical (unpaired) electrons. The third-order valence-electron chi connectivity index (χ3n) is 4.02. The number of rotatable bonds is 7. The van der Waals surface area contributed by atoms with Crippen molar-refractivity contribution in [2.45, 2.75) is 19.1 Å². The van der Waals surface area contributed by atoms with E-state index in [1.165, 1.54) is 14.2 Å². The summed E-state index contributed by atoms with van der Waals surface area (Å²) in [7, 11) is 4.56. The second kappa shape index (κ2) is 8.78. The van der Waals surface area contributed by atoms with Gasteiger partial charge in [0.05, 0.1) is 32.4 Å². The van der Waals surface area contributed by atoms with Crippen molar-refractivity contribution in [1.82, 2.24) is 5.32 Å². The van der Waals surface area contributed by atoms with Crippen molar-refractivity contribution in [2.75, 3.05) is 21.3 Å². The van der Waals surface area contributed by atoms with Crippen LogP contribution < -0.4 is 19.5 Å². The molecule has 2 aromatic rings. The monoisotopic (exact) mass is 379 g/mol. The predicted octanol–water partition coefficient (Wildman–Crippen LogP) is 3.28. The summed E-state index contributed by atoms with van der Waals surface area (Å²) in [6, 6.07) is 9.65. The molecular weight excluding hydrogens is 358 g/mol. The van der Waals surface area contributed by atoms with Crippen molar-refractivity contribution in [2.24, 2.45) is 0 Å². The van der Waals surface area contributed by atoms with E-state index < -0.39 is 18.1 Å². The first-order valence-corrected chi connectivity index (χ1v) is 8.33. The third-order valence-corrected chi connectivity index (χ3v) is 4.41. The van der Waals surface area contributed by atoms with Crippen LogP contribution in [0.4, 0.5) is 0 Å². The van der Waals surface area contributed by atoms with Gasteiger partial charge in [-0.1, -0.05) is 29.8 Å². The summed E-state index contributed by atoms with van der Waals surface area (Å²) in [5, 5.41) is 13.4. The number of halogens is 1. The predicted molar refractivity (Wildman–Crippen MR) is 99.1 cm³/mol. The average Bonchev–Trinajstić information content (AvgIpc) is 2.66. The normalized spacial score (nSPS) is 12.8. The Kier molecular flexibility index (Phi) is 6.71. The Hall–Kier alpha value is -2.44. The van der Waals surface area contributed by atoms with E-state index in [0.717, 1.165) is 0 Å². The number of carbonyl (C=O) groups is 1. The zero-order chi connectivity index (χ0) is 19.3. The van der Waals surface area contributed by atoms with E-state index in [0.29, 0.717) is 33.4 Å². The van der Waals surface area contributed by atoms with E-state index in [-0.39, 0.29) is 0 Å². The van der Waals surface area contributed by atoms with Gasteiger partial charge >= 0.3 is 0 Å². The number of methoxy groups -OCH3 is 3. The number of ether oxygens (including phenoxy) is 3. The van der Waals surface area contributed by atoms with Crippen LogP contribution in [-0.4, -0.2) is 32.3 Å². The Bertz CT molecular complexity index is 763. The van der Waals surface area contributed by atoms with Crippen LogP contribution in [0, 0.1) is 0 Å². The molecule has 0 aliphatic carbocycles. The molecule has 0 saturated carbocycles. The summed E-state index contributed by atoms with van der Waals surface area (Å²) in [5.74, 6) is 1.00. The highest BCUT2D eigenvalue weighted by atomic mass is 35.5. The first-order chi connectivity index (χ1) is 12.4. The fourth-order valence-corrected chi connectivity index (χ4v) is 2.94. The minimum atomic E-state index is -1.30. The van der Waals surface area contributed by atoms with Gasteiger partial charge in [-0.3, -0.25) is 4.79 Å². The molecule has 0 aliphatic rings. The van der Waals surface area contributed by atoms with Crippen molar-refractivity contribution < 1.29 is 24.1 Å². The van der Waals surface area contributed by atoms with Crippen LogP contribution in [0.1, 0.15) is 30.2 Å². The lowest BCUT2D eigenvalue weighted by Gasteiger charge is -2.20. The second-order valence-electron chi connectivity index (χ2n) is 5.61. The maximum atomic E-state index is 12.4. The fourth-order valence-electron chi connectivity index (χ4n) is 2.55. The van der Waals surface area contributed by atoms with Crippen LogP contribution >= 0.6 is 11.6 Å². The molecular formula is C19H22ClNO5. The molecule has 0 spiro atoms. The smallest absolute Gasteiger partial charge is 0.253 e. The van der Waals surface area contributed by atoms with Gasteiger partial charge in [-0.25, -0.2) is 0 Å². The van der Waals surface area contributed by atoms with Crippen LogP contribution in [-0.2, 0) is 4.79 Å². The van der Waals surface area contributed by atoms with Crippen LogP contribution in [0.3, 0.4) is 0 Å². The van der Waals surface area contributed by atoms with Gasteiger partial charge in [0, 0.05) is 0 Å². The van der Waals surface area contributed by atoms with E-state index >= 15 is 0 Å². The average molecular weight is 380 g/mol. The minimum absolute atomic E-state index is 0.346. The minimum Gasteiger partial charge on any atom is -0.497 e. The number of aliphatic hydroxyl groups excluding tert-OH is 1. The molecule has 2 rings (SSSR count). The van der Waals surface area contributed by atoms with E-state index in [4.69, 9.17) is 25.8 Å². The summed E-state index contributed by atoms with van der Waals surface area (Å²) >= 11 is 6.37. The Morgan fingerprint density at radius 1 is 1.04 bits per heavy atom. The van der Waals surface area contributed by atoms with Crippen molar-refractivity contribution >= 4 is 17.5 Å². The van der Waals surface area contributed by atoms with E-state index in [1.807, 2.05) is 0 Å². The highest BCUT2D eigenvalue weighted by molar-refractivity contribution is 6.33. The Morgan fingerprint density at radius 2 is 1.69 bits per heavy atom. The number of benzene rings is 2. The quantitative estimate of drug-likeness (QED) is 0.772. The lowest BCUT2D eigenvalue weighted by molar-refractivity contribution is -0.130. The van der Waals surface area contributed by atoms with Gasteiger partial charge in [-0.15, -0.1) is 0 Å². The van der Waals surface area contributed by atoms with E-state index in [2.05, 4.69) is 5.32 Å². The fraction of sp³-hybridized carbons (Fsp3) is 0.316. The molecule has 0 aromatic heterocycles. The number of nitrogens with one attached hydrogen (secondary N) is 1. The summed E-state index contributed by atoms with van der Waals surface area (Å²) in [5.41, 5.74) is 1.12. The first kappa shape index (κ1) is 19.9. The molecule has 2 atom stereocenters. The van der Waals surface area contributed by atoms with Crippen LogP contribution in [0.25, 0.3) is 0 Å². The maximum Gasteiger partial charge on any atom is 0.253 e. The van der Waals surface area contributed by atoms with Crippen molar-refractivity contribution in [3.05, 3.63) is 52.5 Å². The van der Waals surface area contributed by atoms with Crippen LogP contribution in [0.2, 0.25) is 5.02 Å². The van der Waals surface area contributed by atoms with Gasteiger partial charge in [0.25, 0.3) is 5.91 Å². The summed E-state index contributed by atoms with van der Waals surface area (Å²) < 4.78 is 15.5. The van der Waals surface area contributed by atoms with Crippen molar-refractivity contribution in [3.8, 4) is 17.2 Å². The zero-order valence-electron chi connectivity index (χ0n) is 15.1. The molecule has 7 heteroatoms. The first-order valence-electron chi connectivity index (χ1n) is 7.95. The topological polar surface area (TPSA) is 77.0 Å². The molecule has 0 bridgehead atoms. The highest BCUT2D eigenvalue weighted by Crippen LogP contribution is 2.39. The SMILES string of the molecule is COc1ccc(C(O)C(=O)NC(C)c2ccc(OC)c(OC)c2Cl)cc1. The third kappa shape index (κ3) is 4.20. The number of hydrogen-bond acceptors (Lipinski definition) is 5. The van der Waals surface area contributed by atoms with Crippen molar-refractivity contribution in [1.29, 1.82) is 0 Å². The zero-order valence-corrected chi connectivity index (χ0v) is 15.8. The molecule has 26 heavy (non-hydrogen) atoms. The van der Waals surface area contributed by atoms with Gasteiger partial charge in [-0.2, -0.15) is 0 Å².